The van der Waals surface area contributed by atoms with Crippen molar-refractivity contribution in [3.05, 3.63) is 174 Å². The van der Waals surface area contributed by atoms with Crippen molar-refractivity contribution >= 4 is 33.6 Å². The quantitative estimate of drug-likeness (QED) is 0.116. The van der Waals surface area contributed by atoms with Gasteiger partial charge in [0, 0.05) is 35.9 Å². The predicted molar refractivity (Wildman–Crippen MR) is 211 cm³/mol. The second kappa shape index (κ2) is 13.8. The molecule has 54 heavy (non-hydrogen) atoms. The van der Waals surface area contributed by atoms with Crippen LogP contribution in [0.1, 0.15) is 32.9 Å². The summed E-state index contributed by atoms with van der Waals surface area (Å²) in [6.07, 6.45) is 3.99. The van der Waals surface area contributed by atoms with E-state index in [4.69, 9.17) is 24.5 Å². The van der Waals surface area contributed by atoms with Crippen LogP contribution in [0.15, 0.2) is 146 Å². The first kappa shape index (κ1) is 33.3. The number of imidazole rings is 1. The van der Waals surface area contributed by atoms with Crippen LogP contribution in [0.2, 0.25) is 0 Å². The largest absolute Gasteiger partial charge is 0.465 e. The van der Waals surface area contributed by atoms with Gasteiger partial charge in [0.15, 0.2) is 0 Å². The number of esters is 1. The first-order valence-electron chi connectivity index (χ1n) is 18.1. The number of ether oxygens (including phenoxy) is 2. The highest BCUT2D eigenvalue weighted by Crippen LogP contribution is 2.41. The third-order valence-electron chi connectivity index (χ3n) is 10.4. The van der Waals surface area contributed by atoms with Gasteiger partial charge in [0.2, 0.25) is 0 Å². The SMILES string of the molecule is COC(=O)c1cc(N2CCOCC2)cc2c1nc(C)n2-c1cc(-c2cnn(C(c3ccccc3)(c3ccccc3)c3ccccc3)c2)nc2ccccc12. The number of hydrogen-bond acceptors (Lipinski definition) is 7. The van der Waals surface area contributed by atoms with E-state index in [9.17, 15) is 4.79 Å². The second-order valence-electron chi connectivity index (χ2n) is 13.5. The van der Waals surface area contributed by atoms with Gasteiger partial charge in [-0.15, -0.1) is 0 Å². The molecule has 8 aromatic rings. The number of carbonyl (C=O) groups excluding carboxylic acids is 1. The van der Waals surface area contributed by atoms with Crippen molar-refractivity contribution in [3.63, 3.8) is 0 Å². The maximum Gasteiger partial charge on any atom is 0.340 e. The molecule has 1 aliphatic heterocycles. The average molecular weight is 711 g/mol. The number of benzene rings is 5. The van der Waals surface area contributed by atoms with Crippen molar-refractivity contribution in [2.24, 2.45) is 0 Å². The molecular formula is C45H38N6O3. The second-order valence-corrected chi connectivity index (χ2v) is 13.5. The van der Waals surface area contributed by atoms with Crippen LogP contribution in [0, 0.1) is 6.92 Å². The number of anilines is 1. The van der Waals surface area contributed by atoms with Gasteiger partial charge in [0.05, 0.1) is 54.5 Å². The molecule has 1 aliphatic rings. The lowest BCUT2D eigenvalue weighted by molar-refractivity contribution is 0.0602. The molecule has 0 spiro atoms. The number of aryl methyl sites for hydroxylation is 1. The third kappa shape index (κ3) is 5.52. The molecule has 1 fully saturated rings. The van der Waals surface area contributed by atoms with Crippen LogP contribution in [0.25, 0.3) is 38.9 Å². The summed E-state index contributed by atoms with van der Waals surface area (Å²) in [6, 6.07) is 45.8. The summed E-state index contributed by atoms with van der Waals surface area (Å²) in [7, 11) is 1.41. The summed E-state index contributed by atoms with van der Waals surface area (Å²) in [4.78, 5) is 25.6. The molecule has 0 unspecified atom stereocenters. The monoisotopic (exact) mass is 710 g/mol. The summed E-state index contributed by atoms with van der Waals surface area (Å²) in [5, 5.41) is 6.09. The Kier molecular flexibility index (Phi) is 8.48. The molecule has 266 valence electrons. The molecule has 3 aromatic heterocycles. The Labute approximate surface area is 313 Å². The van der Waals surface area contributed by atoms with E-state index in [1.165, 1.54) is 7.11 Å². The third-order valence-corrected chi connectivity index (χ3v) is 10.4. The summed E-state index contributed by atoms with van der Waals surface area (Å²) in [6.45, 7) is 4.66. The molecule has 9 nitrogen and oxygen atoms in total. The number of carbonyl (C=O) groups is 1. The predicted octanol–water partition coefficient (Wildman–Crippen LogP) is 8.21. The van der Waals surface area contributed by atoms with Gasteiger partial charge in [-0.3, -0.25) is 9.25 Å². The molecule has 0 bridgehead atoms. The molecule has 0 N–H and O–H groups in total. The maximum absolute atomic E-state index is 13.2. The van der Waals surface area contributed by atoms with Crippen LogP contribution in [0.4, 0.5) is 5.69 Å². The fourth-order valence-electron chi connectivity index (χ4n) is 7.92. The number of hydrogen-bond donors (Lipinski definition) is 0. The molecule has 5 aromatic carbocycles. The van der Waals surface area contributed by atoms with Crippen LogP contribution in [-0.4, -0.2) is 63.7 Å². The highest BCUT2D eigenvalue weighted by atomic mass is 16.5. The van der Waals surface area contributed by atoms with Crippen molar-refractivity contribution in [3.8, 4) is 16.9 Å². The summed E-state index contributed by atoms with van der Waals surface area (Å²) >= 11 is 0. The Hall–Kier alpha value is -6.58. The lowest BCUT2D eigenvalue weighted by Crippen LogP contribution is -2.38. The van der Waals surface area contributed by atoms with E-state index in [-0.39, 0.29) is 0 Å². The fraction of sp³-hybridized carbons (Fsp3) is 0.156. The van der Waals surface area contributed by atoms with Gasteiger partial charge in [-0.2, -0.15) is 5.10 Å². The molecule has 0 atom stereocenters. The number of pyridine rings is 1. The first-order valence-corrected chi connectivity index (χ1v) is 18.1. The number of morpholine rings is 1. The van der Waals surface area contributed by atoms with Crippen LogP contribution < -0.4 is 4.90 Å². The fourth-order valence-corrected chi connectivity index (χ4v) is 7.92. The Bertz CT molecular complexity index is 2520. The topological polar surface area (TPSA) is 87.3 Å². The number of aromatic nitrogens is 5. The smallest absolute Gasteiger partial charge is 0.340 e. The molecule has 0 aliphatic carbocycles. The molecule has 0 saturated carbocycles. The zero-order chi connectivity index (χ0) is 36.6. The summed E-state index contributed by atoms with van der Waals surface area (Å²) in [5.41, 5.74) is 8.60. The van der Waals surface area contributed by atoms with Crippen LogP contribution in [-0.2, 0) is 15.0 Å². The van der Waals surface area contributed by atoms with Crippen molar-refractivity contribution in [2.75, 3.05) is 38.3 Å². The lowest BCUT2D eigenvalue weighted by Gasteiger charge is -2.36. The van der Waals surface area contributed by atoms with Crippen molar-refractivity contribution in [1.29, 1.82) is 0 Å². The number of rotatable bonds is 8. The molecular weight excluding hydrogens is 673 g/mol. The number of nitrogens with zero attached hydrogens (tertiary/aromatic N) is 6. The van der Waals surface area contributed by atoms with Gasteiger partial charge in [-0.1, -0.05) is 109 Å². The maximum atomic E-state index is 13.2. The Morgan fingerprint density at radius 2 is 1.37 bits per heavy atom. The van der Waals surface area contributed by atoms with Crippen LogP contribution >= 0.6 is 0 Å². The number of fused-ring (bicyclic) bond motifs is 2. The molecule has 9 rings (SSSR count). The Balaban J connectivity index is 1.26. The molecule has 1 saturated heterocycles. The molecule has 9 heteroatoms. The van der Waals surface area contributed by atoms with Gasteiger partial charge in [0.25, 0.3) is 0 Å². The van der Waals surface area contributed by atoms with E-state index in [0.29, 0.717) is 24.3 Å². The zero-order valence-corrected chi connectivity index (χ0v) is 30.1. The van der Waals surface area contributed by atoms with Gasteiger partial charge in [0.1, 0.15) is 16.9 Å². The first-order chi connectivity index (χ1) is 26.6. The average Bonchev–Trinajstić information content (AvgIpc) is 3.86. The highest BCUT2D eigenvalue weighted by molar-refractivity contribution is 6.05. The minimum absolute atomic E-state index is 0.425. The van der Waals surface area contributed by atoms with E-state index in [2.05, 4.69) is 111 Å². The lowest BCUT2D eigenvalue weighted by atomic mass is 9.77. The summed E-state index contributed by atoms with van der Waals surface area (Å²) in [5.74, 6) is 0.315. The van der Waals surface area contributed by atoms with E-state index < -0.39 is 11.5 Å². The van der Waals surface area contributed by atoms with Gasteiger partial charge >= 0.3 is 5.97 Å². The van der Waals surface area contributed by atoms with Crippen LogP contribution in [0.5, 0.6) is 0 Å². The minimum Gasteiger partial charge on any atom is -0.465 e. The van der Waals surface area contributed by atoms with E-state index in [1.54, 1.807) is 0 Å². The van der Waals surface area contributed by atoms with E-state index >= 15 is 0 Å². The number of para-hydroxylation sites is 1. The van der Waals surface area contributed by atoms with Gasteiger partial charge in [-0.05, 0) is 47.9 Å². The summed E-state index contributed by atoms with van der Waals surface area (Å²) < 4.78 is 15.1. The van der Waals surface area contributed by atoms with Crippen LogP contribution in [0.3, 0.4) is 0 Å². The van der Waals surface area contributed by atoms with E-state index in [1.807, 2.05) is 55.6 Å². The zero-order valence-electron chi connectivity index (χ0n) is 30.1. The molecule has 0 radical (unpaired) electrons. The Morgan fingerprint density at radius 1 is 0.759 bits per heavy atom. The molecule has 0 amide bonds. The van der Waals surface area contributed by atoms with Crippen molar-refractivity contribution < 1.29 is 14.3 Å². The highest BCUT2D eigenvalue weighted by Gasteiger charge is 2.39. The number of methoxy groups -OCH3 is 1. The standard InChI is InChI=1S/C45H38N6O3/c1-31-47-43-38(44(52)53-2)26-36(49-22-24-54-25-23-49)27-42(43)51(31)41-28-40(48-39-21-13-12-20-37(39)41)32-29-46-50(30-32)45(33-14-6-3-7-15-33,34-16-8-4-9-17-34)35-18-10-5-11-19-35/h3-21,26-30H,22-25H2,1-2H3. The van der Waals surface area contributed by atoms with E-state index in [0.717, 1.165) is 74.7 Å². The normalized spacial score (nSPS) is 13.4. The van der Waals surface area contributed by atoms with Gasteiger partial charge in [-0.25, -0.2) is 14.8 Å². The van der Waals surface area contributed by atoms with Gasteiger partial charge < -0.3 is 14.4 Å². The minimum atomic E-state index is -0.765. The Morgan fingerprint density at radius 3 is 2.00 bits per heavy atom. The van der Waals surface area contributed by atoms with Crippen molar-refractivity contribution in [2.45, 2.75) is 12.5 Å². The molecule has 4 heterocycles. The van der Waals surface area contributed by atoms with Crippen molar-refractivity contribution in [1.82, 2.24) is 24.3 Å².